The lowest BCUT2D eigenvalue weighted by Crippen LogP contribution is -2.40. The number of non-ortho nitro benzene ring substituents is 1. The number of hydrogen-bond donors (Lipinski definition) is 1. The summed E-state index contributed by atoms with van der Waals surface area (Å²) < 4.78 is 11.1. The molecule has 0 unspecified atom stereocenters. The summed E-state index contributed by atoms with van der Waals surface area (Å²) in [5.41, 5.74) is 4.46. The number of nitro benzene ring substituents is 1. The first-order valence-electron chi connectivity index (χ1n) is 10.6. The Bertz CT molecular complexity index is 1410. The van der Waals surface area contributed by atoms with Crippen LogP contribution in [0.15, 0.2) is 66.7 Å². The summed E-state index contributed by atoms with van der Waals surface area (Å²) in [6.45, 7) is 0.691. The highest BCUT2D eigenvalue weighted by molar-refractivity contribution is 5.96. The van der Waals surface area contributed by atoms with Gasteiger partial charge in [0.25, 0.3) is 11.6 Å². The molecule has 164 valence electrons. The van der Waals surface area contributed by atoms with Crippen LogP contribution in [0.2, 0.25) is 0 Å². The standard InChI is InChI=1S/C25H19N3O5/c29-25(15-5-8-17(9-6-15)28(30)31)27-12-11-19-18-3-1-2-4-20(18)26-23(19)24(27)16-7-10-21-22(13-16)33-14-32-21/h1-10,13,24,26H,11-12,14H2/t24-/m0/s1. The Morgan fingerprint density at radius 2 is 1.82 bits per heavy atom. The third-order valence-corrected chi connectivity index (χ3v) is 6.33. The van der Waals surface area contributed by atoms with Gasteiger partial charge in [-0.1, -0.05) is 24.3 Å². The highest BCUT2D eigenvalue weighted by atomic mass is 16.7. The van der Waals surface area contributed by atoms with Gasteiger partial charge >= 0.3 is 0 Å². The summed E-state index contributed by atoms with van der Waals surface area (Å²) in [6, 6.07) is 19.3. The quantitative estimate of drug-likeness (QED) is 0.370. The maximum absolute atomic E-state index is 13.6. The zero-order valence-corrected chi connectivity index (χ0v) is 17.5. The number of nitrogens with zero attached hydrogens (tertiary/aromatic N) is 2. The highest BCUT2D eigenvalue weighted by Gasteiger charge is 2.35. The van der Waals surface area contributed by atoms with Gasteiger partial charge < -0.3 is 19.4 Å². The molecule has 0 radical (unpaired) electrons. The zero-order chi connectivity index (χ0) is 22.5. The van der Waals surface area contributed by atoms with E-state index in [0.717, 1.165) is 22.2 Å². The number of rotatable bonds is 3. The molecule has 8 heteroatoms. The summed E-state index contributed by atoms with van der Waals surface area (Å²) in [5, 5.41) is 12.2. The van der Waals surface area contributed by atoms with Crippen LogP contribution in [-0.4, -0.2) is 34.1 Å². The minimum absolute atomic E-state index is 0.0459. The molecule has 0 aliphatic carbocycles. The van der Waals surface area contributed by atoms with E-state index in [1.54, 1.807) is 0 Å². The molecule has 1 N–H and O–H groups in total. The van der Waals surface area contributed by atoms with E-state index in [1.165, 1.54) is 29.8 Å². The third kappa shape index (κ3) is 3.10. The van der Waals surface area contributed by atoms with Crippen molar-refractivity contribution in [2.75, 3.05) is 13.3 Å². The highest BCUT2D eigenvalue weighted by Crippen LogP contribution is 2.42. The minimum Gasteiger partial charge on any atom is -0.454 e. The Balaban J connectivity index is 1.47. The van der Waals surface area contributed by atoms with Gasteiger partial charge in [-0.25, -0.2) is 0 Å². The van der Waals surface area contributed by atoms with Crippen LogP contribution in [-0.2, 0) is 6.42 Å². The molecule has 0 fully saturated rings. The van der Waals surface area contributed by atoms with Crippen LogP contribution in [0.3, 0.4) is 0 Å². The molecule has 1 atom stereocenters. The number of aromatic amines is 1. The fourth-order valence-corrected chi connectivity index (χ4v) is 4.78. The van der Waals surface area contributed by atoms with Crippen molar-refractivity contribution < 1.29 is 19.2 Å². The van der Waals surface area contributed by atoms with Crippen molar-refractivity contribution in [1.29, 1.82) is 0 Å². The molecule has 2 aliphatic rings. The summed E-state index contributed by atoms with van der Waals surface area (Å²) >= 11 is 0. The van der Waals surface area contributed by atoms with Crippen LogP contribution < -0.4 is 9.47 Å². The van der Waals surface area contributed by atoms with E-state index in [0.29, 0.717) is 30.0 Å². The van der Waals surface area contributed by atoms with Gasteiger partial charge in [0.2, 0.25) is 6.79 Å². The number of benzene rings is 3. The van der Waals surface area contributed by atoms with Crippen molar-refractivity contribution in [3.8, 4) is 11.5 Å². The molecule has 1 amide bonds. The fraction of sp³-hybridized carbons (Fsp3) is 0.160. The van der Waals surface area contributed by atoms with Gasteiger partial charge in [0.05, 0.1) is 11.0 Å². The second-order valence-corrected chi connectivity index (χ2v) is 8.13. The second kappa shape index (κ2) is 7.37. The maximum atomic E-state index is 13.6. The SMILES string of the molecule is O=C(c1ccc([N+](=O)[O-])cc1)N1CCc2c([nH]c3ccccc23)[C@@H]1c1ccc2c(c1)OCO2. The summed E-state index contributed by atoms with van der Waals surface area (Å²) in [7, 11) is 0. The zero-order valence-electron chi connectivity index (χ0n) is 17.5. The number of amides is 1. The number of nitro groups is 1. The normalized spacial score (nSPS) is 16.6. The first-order chi connectivity index (χ1) is 16.1. The van der Waals surface area contributed by atoms with Gasteiger partial charge in [-0.05, 0) is 47.9 Å². The average molecular weight is 441 g/mol. The molecular weight excluding hydrogens is 422 g/mol. The van der Waals surface area contributed by atoms with Crippen molar-refractivity contribution in [3.05, 3.63) is 99.2 Å². The summed E-state index contributed by atoms with van der Waals surface area (Å²) in [6.07, 6.45) is 0.707. The van der Waals surface area contributed by atoms with Gasteiger partial charge in [0.15, 0.2) is 11.5 Å². The Hall–Kier alpha value is -4.33. The Labute approximate surface area is 188 Å². The van der Waals surface area contributed by atoms with Crippen molar-refractivity contribution in [3.63, 3.8) is 0 Å². The van der Waals surface area contributed by atoms with Crippen LogP contribution in [0.25, 0.3) is 10.9 Å². The average Bonchev–Trinajstić information content (AvgIpc) is 3.47. The molecule has 6 rings (SSSR count). The number of aromatic nitrogens is 1. The van der Waals surface area contributed by atoms with Crippen LogP contribution >= 0.6 is 0 Å². The Morgan fingerprint density at radius 1 is 1.03 bits per heavy atom. The van der Waals surface area contributed by atoms with Gasteiger partial charge in [0.1, 0.15) is 0 Å². The van der Waals surface area contributed by atoms with E-state index in [-0.39, 0.29) is 24.4 Å². The molecule has 0 bridgehead atoms. The van der Waals surface area contributed by atoms with Crippen LogP contribution in [0.5, 0.6) is 11.5 Å². The van der Waals surface area contributed by atoms with Gasteiger partial charge in [-0.15, -0.1) is 0 Å². The summed E-state index contributed by atoms with van der Waals surface area (Å²) in [4.78, 5) is 29.5. The number of para-hydroxylation sites is 1. The topological polar surface area (TPSA) is 97.7 Å². The predicted molar refractivity (Wildman–Crippen MR) is 121 cm³/mol. The predicted octanol–water partition coefficient (Wildman–Crippen LogP) is 4.59. The minimum atomic E-state index is -0.471. The molecule has 4 aromatic rings. The molecule has 0 saturated carbocycles. The third-order valence-electron chi connectivity index (χ3n) is 6.33. The van der Waals surface area contributed by atoms with Gasteiger partial charge in [-0.2, -0.15) is 0 Å². The smallest absolute Gasteiger partial charge is 0.269 e. The van der Waals surface area contributed by atoms with Crippen LogP contribution in [0.4, 0.5) is 5.69 Å². The van der Waals surface area contributed by atoms with Crippen molar-refractivity contribution in [1.82, 2.24) is 9.88 Å². The Morgan fingerprint density at radius 3 is 2.64 bits per heavy atom. The lowest BCUT2D eigenvalue weighted by molar-refractivity contribution is -0.384. The van der Waals surface area contributed by atoms with Crippen molar-refractivity contribution >= 4 is 22.5 Å². The molecule has 0 spiro atoms. The Kier molecular flexibility index (Phi) is 4.33. The van der Waals surface area contributed by atoms with Crippen LogP contribution in [0.1, 0.15) is 33.2 Å². The fourth-order valence-electron chi connectivity index (χ4n) is 4.78. The molecule has 3 aromatic carbocycles. The van der Waals surface area contributed by atoms with E-state index in [2.05, 4.69) is 11.1 Å². The number of nitrogens with one attached hydrogen (secondary N) is 1. The van der Waals surface area contributed by atoms with E-state index in [9.17, 15) is 14.9 Å². The molecule has 0 saturated heterocycles. The van der Waals surface area contributed by atoms with Crippen LogP contribution in [0, 0.1) is 10.1 Å². The van der Waals surface area contributed by atoms with E-state index >= 15 is 0 Å². The number of ether oxygens (including phenoxy) is 2. The van der Waals surface area contributed by atoms with E-state index < -0.39 is 4.92 Å². The number of hydrogen-bond acceptors (Lipinski definition) is 5. The van der Waals surface area contributed by atoms with Crippen molar-refractivity contribution in [2.45, 2.75) is 12.5 Å². The van der Waals surface area contributed by atoms with Gasteiger partial charge in [0, 0.05) is 40.8 Å². The second-order valence-electron chi connectivity index (χ2n) is 8.13. The maximum Gasteiger partial charge on any atom is 0.269 e. The molecular formula is C25H19N3O5. The molecule has 8 nitrogen and oxygen atoms in total. The summed E-state index contributed by atoms with van der Waals surface area (Å²) in [5.74, 6) is 1.15. The lowest BCUT2D eigenvalue weighted by atomic mass is 9.91. The lowest BCUT2D eigenvalue weighted by Gasteiger charge is -2.36. The number of fused-ring (bicyclic) bond motifs is 4. The molecule has 2 aliphatic heterocycles. The van der Waals surface area contributed by atoms with E-state index in [4.69, 9.17) is 9.47 Å². The number of carbonyl (C=O) groups excluding carboxylic acids is 1. The number of carbonyl (C=O) groups is 1. The molecule has 3 heterocycles. The van der Waals surface area contributed by atoms with E-state index in [1.807, 2.05) is 41.3 Å². The number of H-pyrrole nitrogens is 1. The molecule has 1 aromatic heterocycles. The van der Waals surface area contributed by atoms with Gasteiger partial charge in [-0.3, -0.25) is 14.9 Å². The largest absolute Gasteiger partial charge is 0.454 e. The first kappa shape index (κ1) is 19.4. The first-order valence-corrected chi connectivity index (χ1v) is 10.6. The van der Waals surface area contributed by atoms with Crippen molar-refractivity contribution in [2.24, 2.45) is 0 Å². The monoisotopic (exact) mass is 441 g/mol. The molecule has 33 heavy (non-hydrogen) atoms.